The smallest absolute Gasteiger partial charge is 0.333 e. The van der Waals surface area contributed by atoms with Gasteiger partial charge in [-0.2, -0.15) is 0 Å². The van der Waals surface area contributed by atoms with Crippen molar-refractivity contribution in [2.24, 2.45) is 5.11 Å². The summed E-state index contributed by atoms with van der Waals surface area (Å²) < 4.78 is 4.53. The molecule has 1 rings (SSSR count). The van der Waals surface area contributed by atoms with E-state index < -0.39 is 10.9 Å². The molecule has 0 heterocycles. The van der Waals surface area contributed by atoms with Gasteiger partial charge in [-0.3, -0.25) is 10.1 Å². The molecule has 0 bridgehead atoms. The predicted octanol–water partition coefficient (Wildman–Crippen LogP) is 2.46. The zero-order chi connectivity index (χ0) is 14.3. The van der Waals surface area contributed by atoms with Crippen LogP contribution in [-0.2, 0) is 9.53 Å². The van der Waals surface area contributed by atoms with Gasteiger partial charge in [0.05, 0.1) is 18.6 Å². The van der Waals surface area contributed by atoms with Crippen LogP contribution in [0.3, 0.4) is 0 Å². The number of nitro benzene ring substituents is 1. The van der Waals surface area contributed by atoms with Crippen molar-refractivity contribution in [1.29, 1.82) is 0 Å². The van der Waals surface area contributed by atoms with Gasteiger partial charge >= 0.3 is 5.97 Å². The van der Waals surface area contributed by atoms with Crippen LogP contribution in [0.5, 0.6) is 0 Å². The van der Waals surface area contributed by atoms with E-state index in [4.69, 9.17) is 5.53 Å². The van der Waals surface area contributed by atoms with E-state index in [1.54, 1.807) is 6.07 Å². The summed E-state index contributed by atoms with van der Waals surface area (Å²) in [6.45, 7) is -0.189. The Morgan fingerprint density at radius 2 is 2.37 bits per heavy atom. The molecular weight excluding hydrogens is 252 g/mol. The van der Waals surface area contributed by atoms with Crippen LogP contribution < -0.4 is 0 Å². The first kappa shape index (κ1) is 14.2. The highest BCUT2D eigenvalue weighted by molar-refractivity contribution is 5.94. The average molecular weight is 262 g/mol. The molecule has 0 saturated carbocycles. The Hall–Kier alpha value is -2.86. The van der Waals surface area contributed by atoms with Gasteiger partial charge in [0.1, 0.15) is 0 Å². The predicted molar refractivity (Wildman–Crippen MR) is 67.1 cm³/mol. The molecule has 1 aromatic rings. The third-order valence-corrected chi connectivity index (χ3v) is 2.17. The SMILES string of the molecule is COC(=O)/C(=C/c1cccc([N+](=O)[O-])c1)CN=[N+]=[N-]. The van der Waals surface area contributed by atoms with E-state index in [-0.39, 0.29) is 17.8 Å². The molecule has 0 aliphatic carbocycles. The molecule has 8 heteroatoms. The second-order valence-electron chi connectivity index (χ2n) is 3.40. The zero-order valence-corrected chi connectivity index (χ0v) is 10.0. The van der Waals surface area contributed by atoms with Crippen LogP contribution in [-0.4, -0.2) is 24.5 Å². The Kier molecular flexibility index (Phi) is 5.06. The molecule has 0 saturated heterocycles. The number of nitro groups is 1. The van der Waals surface area contributed by atoms with E-state index in [2.05, 4.69) is 14.8 Å². The van der Waals surface area contributed by atoms with Gasteiger partial charge in [0.25, 0.3) is 5.69 Å². The van der Waals surface area contributed by atoms with Crippen LogP contribution in [0.15, 0.2) is 35.0 Å². The number of methoxy groups -OCH3 is 1. The van der Waals surface area contributed by atoms with Crippen molar-refractivity contribution in [2.45, 2.75) is 0 Å². The minimum atomic E-state index is -0.654. The lowest BCUT2D eigenvalue weighted by molar-refractivity contribution is -0.384. The molecule has 0 unspecified atom stereocenters. The monoisotopic (exact) mass is 262 g/mol. The number of hydrogen-bond acceptors (Lipinski definition) is 5. The molecule has 0 atom stereocenters. The fraction of sp³-hybridized carbons (Fsp3) is 0.182. The maximum absolute atomic E-state index is 11.4. The van der Waals surface area contributed by atoms with Crippen molar-refractivity contribution < 1.29 is 14.5 Å². The Morgan fingerprint density at radius 1 is 1.63 bits per heavy atom. The number of rotatable bonds is 5. The molecule has 1 aromatic carbocycles. The Morgan fingerprint density at radius 3 is 2.95 bits per heavy atom. The number of ether oxygens (including phenoxy) is 1. The third kappa shape index (κ3) is 4.14. The van der Waals surface area contributed by atoms with Gasteiger partial charge in [0, 0.05) is 22.6 Å². The molecule has 0 radical (unpaired) electrons. The number of azide groups is 1. The molecule has 0 aliphatic heterocycles. The first-order valence-electron chi connectivity index (χ1n) is 5.12. The van der Waals surface area contributed by atoms with Gasteiger partial charge in [0.2, 0.25) is 0 Å². The van der Waals surface area contributed by atoms with Gasteiger partial charge < -0.3 is 4.74 Å². The van der Waals surface area contributed by atoms with Gasteiger partial charge in [-0.25, -0.2) is 4.79 Å². The van der Waals surface area contributed by atoms with Crippen molar-refractivity contribution in [1.82, 2.24) is 0 Å². The largest absolute Gasteiger partial charge is 0.466 e. The highest BCUT2D eigenvalue weighted by atomic mass is 16.6. The molecule has 0 aliphatic rings. The van der Waals surface area contributed by atoms with Crippen molar-refractivity contribution in [3.63, 3.8) is 0 Å². The van der Waals surface area contributed by atoms with Crippen molar-refractivity contribution in [3.05, 3.63) is 56.0 Å². The fourth-order valence-corrected chi connectivity index (χ4v) is 1.34. The lowest BCUT2D eigenvalue weighted by Gasteiger charge is -2.02. The second kappa shape index (κ2) is 6.77. The highest BCUT2D eigenvalue weighted by Gasteiger charge is 2.10. The summed E-state index contributed by atoms with van der Waals surface area (Å²) in [5.74, 6) is -0.654. The number of nitrogens with zero attached hydrogens (tertiary/aromatic N) is 4. The summed E-state index contributed by atoms with van der Waals surface area (Å²) in [7, 11) is 1.19. The first-order chi connectivity index (χ1) is 9.08. The summed E-state index contributed by atoms with van der Waals surface area (Å²) in [5.41, 5.74) is 8.71. The lowest BCUT2D eigenvalue weighted by Crippen LogP contribution is -2.07. The van der Waals surface area contributed by atoms with E-state index in [0.29, 0.717) is 5.56 Å². The fourth-order valence-electron chi connectivity index (χ4n) is 1.34. The van der Waals surface area contributed by atoms with Gasteiger partial charge in [-0.05, 0) is 17.2 Å². The Bertz CT molecular complexity index is 576. The lowest BCUT2D eigenvalue weighted by atomic mass is 10.1. The van der Waals surface area contributed by atoms with Crippen LogP contribution in [0, 0.1) is 10.1 Å². The van der Waals surface area contributed by atoms with Crippen LogP contribution in [0.4, 0.5) is 5.69 Å². The molecule has 0 aromatic heterocycles. The molecule has 0 spiro atoms. The highest BCUT2D eigenvalue weighted by Crippen LogP contribution is 2.16. The normalized spacial score (nSPS) is 10.5. The Balaban J connectivity index is 3.13. The van der Waals surface area contributed by atoms with Crippen LogP contribution in [0.2, 0.25) is 0 Å². The molecule has 0 N–H and O–H groups in total. The number of benzene rings is 1. The quantitative estimate of drug-likeness (QED) is 0.154. The summed E-state index contributed by atoms with van der Waals surface area (Å²) in [6.07, 6.45) is 1.38. The first-order valence-corrected chi connectivity index (χ1v) is 5.12. The molecule has 8 nitrogen and oxygen atoms in total. The van der Waals surface area contributed by atoms with E-state index in [1.807, 2.05) is 0 Å². The molecule has 19 heavy (non-hydrogen) atoms. The minimum absolute atomic E-state index is 0.0956. The maximum atomic E-state index is 11.4. The molecular formula is C11H10N4O4. The molecule has 0 fully saturated rings. The third-order valence-electron chi connectivity index (χ3n) is 2.17. The van der Waals surface area contributed by atoms with E-state index in [9.17, 15) is 14.9 Å². The van der Waals surface area contributed by atoms with Crippen molar-refractivity contribution in [2.75, 3.05) is 13.7 Å². The molecule has 98 valence electrons. The van der Waals surface area contributed by atoms with Crippen molar-refractivity contribution >= 4 is 17.7 Å². The zero-order valence-electron chi connectivity index (χ0n) is 10.0. The van der Waals surface area contributed by atoms with Gasteiger partial charge in [0.15, 0.2) is 0 Å². The number of non-ortho nitro benzene ring substituents is 1. The molecule has 0 amide bonds. The number of esters is 1. The summed E-state index contributed by atoms with van der Waals surface area (Å²) in [4.78, 5) is 24.1. The second-order valence-corrected chi connectivity index (χ2v) is 3.40. The van der Waals surface area contributed by atoms with Crippen LogP contribution >= 0.6 is 0 Å². The number of carbonyl (C=O) groups excluding carboxylic acids is 1. The Labute approximate surface area is 108 Å². The van der Waals surface area contributed by atoms with Gasteiger partial charge in [-0.1, -0.05) is 17.2 Å². The average Bonchev–Trinajstić information content (AvgIpc) is 2.42. The van der Waals surface area contributed by atoms with E-state index in [1.165, 1.54) is 31.4 Å². The van der Waals surface area contributed by atoms with Crippen LogP contribution in [0.1, 0.15) is 5.56 Å². The van der Waals surface area contributed by atoms with Crippen molar-refractivity contribution in [3.8, 4) is 0 Å². The summed E-state index contributed by atoms with van der Waals surface area (Å²) >= 11 is 0. The number of hydrogen-bond donors (Lipinski definition) is 0. The van der Waals surface area contributed by atoms with Crippen LogP contribution in [0.25, 0.3) is 16.5 Å². The summed E-state index contributed by atoms with van der Waals surface area (Å²) in [6, 6.07) is 5.72. The minimum Gasteiger partial charge on any atom is -0.466 e. The number of carbonyl (C=O) groups is 1. The van der Waals surface area contributed by atoms with E-state index in [0.717, 1.165) is 0 Å². The summed E-state index contributed by atoms with van der Waals surface area (Å²) in [5, 5.41) is 13.9. The van der Waals surface area contributed by atoms with Gasteiger partial charge in [-0.15, -0.1) is 0 Å². The topological polar surface area (TPSA) is 118 Å². The van der Waals surface area contributed by atoms with E-state index >= 15 is 0 Å². The maximum Gasteiger partial charge on any atom is 0.333 e. The standard InChI is InChI=1S/C11H10N4O4/c1-19-11(16)9(7-13-14-12)5-8-3-2-4-10(6-8)15(17)18/h2-6H,7H2,1H3/b9-5+.